The van der Waals surface area contributed by atoms with Crippen LogP contribution in [0.4, 0.5) is 0 Å². The van der Waals surface area contributed by atoms with E-state index in [0.717, 1.165) is 114 Å². The van der Waals surface area contributed by atoms with Crippen LogP contribution in [-0.2, 0) is 65.4 Å². The molecule has 3 unspecified atom stereocenters. The summed E-state index contributed by atoms with van der Waals surface area (Å²) in [5.41, 5.74) is 0. The number of hydrogen-bond donors (Lipinski definition) is 3. The topological polar surface area (TPSA) is 237 Å². The summed E-state index contributed by atoms with van der Waals surface area (Å²) in [6, 6.07) is 0. The molecule has 3 N–H and O–H groups in total. The number of phosphoric acid groups is 2. The largest absolute Gasteiger partial charge is 0.472 e. The molecule has 0 aromatic carbocycles. The van der Waals surface area contributed by atoms with Gasteiger partial charge in [0.15, 0.2) is 12.2 Å². The van der Waals surface area contributed by atoms with Crippen LogP contribution in [0.2, 0.25) is 0 Å². The zero-order chi connectivity index (χ0) is 72.4. The molecule has 0 spiro atoms. The number of phosphoric ester groups is 2. The second-order valence-corrected chi connectivity index (χ2v) is 33.3. The summed E-state index contributed by atoms with van der Waals surface area (Å²) in [6.45, 7) is 14.2. The summed E-state index contributed by atoms with van der Waals surface area (Å²) in [5, 5.41) is 10.6. The average Bonchev–Trinajstić information content (AvgIpc) is 0.949. The minimum absolute atomic E-state index is 0.106. The van der Waals surface area contributed by atoms with E-state index in [-0.39, 0.29) is 25.7 Å². The van der Waals surface area contributed by atoms with Crippen molar-refractivity contribution < 1.29 is 80.2 Å². The highest BCUT2D eigenvalue weighted by atomic mass is 31.2. The van der Waals surface area contributed by atoms with E-state index in [1.54, 1.807) is 0 Å². The van der Waals surface area contributed by atoms with E-state index < -0.39 is 97.5 Å². The number of rotatable bonds is 76. The Hall–Kier alpha value is -1.94. The third-order valence-corrected chi connectivity index (χ3v) is 20.2. The molecule has 582 valence electrons. The van der Waals surface area contributed by atoms with Crippen molar-refractivity contribution in [3.05, 3.63) is 0 Å². The molecule has 0 aliphatic heterocycles. The highest BCUT2D eigenvalue weighted by molar-refractivity contribution is 7.47. The number of carbonyl (C=O) groups excluding carboxylic acids is 4. The highest BCUT2D eigenvalue weighted by Crippen LogP contribution is 2.45. The van der Waals surface area contributed by atoms with E-state index in [0.29, 0.717) is 31.6 Å². The maximum Gasteiger partial charge on any atom is 0.472 e. The van der Waals surface area contributed by atoms with Gasteiger partial charge in [-0.1, -0.05) is 351 Å². The Morgan fingerprint density at radius 1 is 0.255 bits per heavy atom. The molecule has 0 saturated carbocycles. The van der Waals surface area contributed by atoms with Crippen molar-refractivity contribution in [1.82, 2.24) is 0 Å². The average molecular weight is 1440 g/mol. The quantitative estimate of drug-likeness (QED) is 0.0222. The first kappa shape index (κ1) is 96.1. The first-order valence-electron chi connectivity index (χ1n) is 40.7. The van der Waals surface area contributed by atoms with Crippen LogP contribution in [0.15, 0.2) is 0 Å². The number of ether oxygens (including phenoxy) is 4. The lowest BCUT2D eigenvalue weighted by molar-refractivity contribution is -0.161. The lowest BCUT2D eigenvalue weighted by Crippen LogP contribution is -2.30. The van der Waals surface area contributed by atoms with E-state index in [2.05, 4.69) is 55.4 Å². The van der Waals surface area contributed by atoms with Crippen molar-refractivity contribution in [3.63, 3.8) is 0 Å². The number of aliphatic hydroxyl groups is 1. The van der Waals surface area contributed by atoms with Crippen LogP contribution in [0, 0.1) is 23.7 Å². The predicted molar refractivity (Wildman–Crippen MR) is 400 cm³/mol. The monoisotopic (exact) mass is 1440 g/mol. The molecule has 0 rings (SSSR count). The summed E-state index contributed by atoms with van der Waals surface area (Å²) in [4.78, 5) is 72.9. The Morgan fingerprint density at radius 3 is 0.633 bits per heavy atom. The molecular formula is C79H154O17P2. The molecule has 0 aromatic rings. The first-order chi connectivity index (χ1) is 47.1. The van der Waals surface area contributed by atoms with Gasteiger partial charge in [-0.2, -0.15) is 0 Å². The molecule has 0 amide bonds. The van der Waals surface area contributed by atoms with E-state index in [1.165, 1.54) is 199 Å². The summed E-state index contributed by atoms with van der Waals surface area (Å²) < 4.78 is 68.6. The second-order valence-electron chi connectivity index (χ2n) is 30.4. The Kier molecular flexibility index (Phi) is 66.8. The molecule has 0 fully saturated rings. The molecule has 0 heterocycles. The van der Waals surface area contributed by atoms with Gasteiger partial charge >= 0.3 is 39.5 Å². The van der Waals surface area contributed by atoms with Gasteiger partial charge in [-0.15, -0.1) is 0 Å². The molecule has 0 radical (unpaired) electrons. The van der Waals surface area contributed by atoms with Gasteiger partial charge in [-0.25, -0.2) is 9.13 Å². The molecule has 19 heteroatoms. The summed E-state index contributed by atoms with van der Waals surface area (Å²) in [7, 11) is -9.92. The predicted octanol–water partition coefficient (Wildman–Crippen LogP) is 23.2. The zero-order valence-corrected chi connectivity index (χ0v) is 66.2. The number of esters is 4. The molecule has 0 aliphatic rings. The van der Waals surface area contributed by atoms with E-state index in [9.17, 15) is 43.2 Å². The fraction of sp³-hybridized carbons (Fsp3) is 0.949. The summed E-state index contributed by atoms with van der Waals surface area (Å²) >= 11 is 0. The number of carbonyl (C=O) groups is 4. The van der Waals surface area contributed by atoms with Crippen LogP contribution in [-0.4, -0.2) is 96.7 Å². The van der Waals surface area contributed by atoms with Crippen LogP contribution < -0.4 is 0 Å². The molecule has 98 heavy (non-hydrogen) atoms. The van der Waals surface area contributed by atoms with Crippen molar-refractivity contribution in [2.45, 2.75) is 420 Å². The van der Waals surface area contributed by atoms with Crippen molar-refractivity contribution in [2.24, 2.45) is 23.7 Å². The Balaban J connectivity index is 5.22. The standard InChI is InChI=1S/C79H154O17P2/c1-69(2)55-47-39-31-25-19-14-11-9-10-12-16-22-29-35-45-53-61-79(84)96-75(66-90-77(82)60-52-44-38-37-42-50-58-72(7)8)68-94-98(87,88)92-64-73(80)63-91-97(85,86)93-67-74(65-89-76(81)59-51-43-34-28-24-18-21-27-33-41-49-57-71(5)6)95-78(83)62-54-46-36-30-23-17-13-15-20-26-32-40-48-56-70(3)4/h69-75,80H,9-68H2,1-8H3,(H,85,86)(H,87,88)/t73?,74-,75-/m1/s1. The second kappa shape index (κ2) is 68.2. The minimum atomic E-state index is -4.96. The highest BCUT2D eigenvalue weighted by Gasteiger charge is 2.30. The maximum atomic E-state index is 13.1. The number of hydrogen-bond acceptors (Lipinski definition) is 15. The number of aliphatic hydroxyl groups excluding tert-OH is 1. The van der Waals surface area contributed by atoms with Gasteiger partial charge in [0.2, 0.25) is 0 Å². The van der Waals surface area contributed by atoms with Crippen LogP contribution in [0.5, 0.6) is 0 Å². The molecule has 0 aromatic heterocycles. The van der Waals surface area contributed by atoms with Gasteiger partial charge < -0.3 is 33.8 Å². The van der Waals surface area contributed by atoms with Crippen molar-refractivity contribution in [1.29, 1.82) is 0 Å². The first-order valence-corrected chi connectivity index (χ1v) is 43.7. The van der Waals surface area contributed by atoms with Crippen molar-refractivity contribution >= 4 is 39.5 Å². The van der Waals surface area contributed by atoms with Gasteiger partial charge in [-0.3, -0.25) is 37.3 Å². The van der Waals surface area contributed by atoms with Crippen molar-refractivity contribution in [3.8, 4) is 0 Å². The molecular weight excluding hydrogens is 1280 g/mol. The van der Waals surface area contributed by atoms with E-state index >= 15 is 0 Å². The van der Waals surface area contributed by atoms with Crippen LogP contribution in [0.3, 0.4) is 0 Å². The maximum absolute atomic E-state index is 13.1. The van der Waals surface area contributed by atoms with Crippen LogP contribution >= 0.6 is 15.6 Å². The Labute approximate surface area is 600 Å². The van der Waals surface area contributed by atoms with E-state index in [1.807, 2.05) is 0 Å². The van der Waals surface area contributed by atoms with Gasteiger partial charge in [0.1, 0.15) is 19.3 Å². The molecule has 17 nitrogen and oxygen atoms in total. The normalized spacial score (nSPS) is 14.1. The van der Waals surface area contributed by atoms with E-state index in [4.69, 9.17) is 37.0 Å². The fourth-order valence-corrected chi connectivity index (χ4v) is 13.7. The third-order valence-electron chi connectivity index (χ3n) is 18.3. The molecule has 0 aliphatic carbocycles. The Bertz CT molecular complexity index is 1920. The van der Waals surface area contributed by atoms with Crippen LogP contribution in [0.1, 0.15) is 402 Å². The van der Waals surface area contributed by atoms with Gasteiger partial charge in [0, 0.05) is 25.7 Å². The van der Waals surface area contributed by atoms with Gasteiger partial charge in [0.05, 0.1) is 26.4 Å². The van der Waals surface area contributed by atoms with Gasteiger partial charge in [0.25, 0.3) is 0 Å². The smallest absolute Gasteiger partial charge is 0.462 e. The molecule has 0 bridgehead atoms. The fourth-order valence-electron chi connectivity index (χ4n) is 12.1. The SMILES string of the molecule is CC(C)CCCCCCCCCCCCCCCCCCC(=O)O[C@H](COC(=O)CCCCCCCCC(C)C)COP(=O)(O)OCC(O)COP(=O)(O)OC[C@@H](COC(=O)CCCCCCCCCCCCCC(C)C)OC(=O)CCCCCCCCCCCCCCCC(C)C. The minimum Gasteiger partial charge on any atom is -0.462 e. The van der Waals surface area contributed by atoms with Crippen LogP contribution in [0.25, 0.3) is 0 Å². The van der Waals surface area contributed by atoms with Gasteiger partial charge in [-0.05, 0) is 49.4 Å². The molecule has 0 saturated heterocycles. The number of unbranched alkanes of at least 4 members (excludes halogenated alkanes) is 42. The lowest BCUT2D eigenvalue weighted by Gasteiger charge is -2.21. The lowest BCUT2D eigenvalue weighted by atomic mass is 10.0. The molecule has 5 atom stereocenters. The zero-order valence-electron chi connectivity index (χ0n) is 64.4. The summed E-state index contributed by atoms with van der Waals surface area (Å²) in [6.07, 6.45) is 54.3. The summed E-state index contributed by atoms with van der Waals surface area (Å²) in [5.74, 6) is 0.928. The van der Waals surface area contributed by atoms with Crippen molar-refractivity contribution in [2.75, 3.05) is 39.6 Å². The third kappa shape index (κ3) is 72.4. The Morgan fingerprint density at radius 2 is 0.429 bits per heavy atom.